The summed E-state index contributed by atoms with van der Waals surface area (Å²) in [6.07, 6.45) is 0. The van der Waals surface area contributed by atoms with Gasteiger partial charge in [-0.2, -0.15) is 12.6 Å². The largest absolute Gasteiger partial charge is 0.787 e. The molecule has 0 amide bonds. The van der Waals surface area contributed by atoms with Crippen LogP contribution in [0.25, 0.3) is 0 Å². The third-order valence-corrected chi connectivity index (χ3v) is 1.65. The Kier molecular flexibility index (Phi) is 2.96. The number of hydroxylamine groups is 1. The second-order valence-corrected chi connectivity index (χ2v) is 2.21. The Morgan fingerprint density at radius 2 is 2.44 bits per heavy atom. The number of nitrogens with one attached hydrogen (secondary N) is 1. The molecule has 5 heteroatoms. The Balaban J connectivity index is 4.09. The van der Waals surface area contributed by atoms with Gasteiger partial charge in [-0.15, -0.1) is 0 Å². The topological polar surface area (TPSA) is 72.4 Å². The van der Waals surface area contributed by atoms with Crippen LogP contribution in [0.5, 0.6) is 0 Å². The van der Waals surface area contributed by atoms with E-state index < -0.39 is 11.5 Å². The van der Waals surface area contributed by atoms with Gasteiger partial charge in [0.25, 0.3) is 0 Å². The monoisotopic (exact) mass is 150 g/mol. The lowest BCUT2D eigenvalue weighted by Gasteiger charge is -2.27. The van der Waals surface area contributed by atoms with Crippen molar-refractivity contribution in [2.75, 3.05) is 5.75 Å². The zero-order valence-corrected chi connectivity index (χ0v) is 5.81. The first-order chi connectivity index (χ1) is 4.06. The van der Waals surface area contributed by atoms with Gasteiger partial charge in [-0.25, -0.2) is 0 Å². The molecule has 0 bridgehead atoms. The predicted molar refractivity (Wildman–Crippen MR) is 36.4 cm³/mol. The number of hydrogen-bond acceptors (Lipinski definition) is 4. The van der Waals surface area contributed by atoms with Gasteiger partial charge in [-0.05, 0) is 6.92 Å². The summed E-state index contributed by atoms with van der Waals surface area (Å²) in [6.45, 7) is 1.27. The molecule has 0 saturated carbocycles. The summed E-state index contributed by atoms with van der Waals surface area (Å²) < 4.78 is 0. The molecule has 0 aromatic carbocycles. The maximum absolute atomic E-state index is 10.2. The Labute approximate surface area is 58.2 Å². The van der Waals surface area contributed by atoms with Gasteiger partial charge in [0.15, 0.2) is 0 Å². The van der Waals surface area contributed by atoms with Crippen LogP contribution in [0.15, 0.2) is 0 Å². The molecule has 0 aliphatic heterocycles. The first kappa shape index (κ1) is 8.74. The molecule has 0 unspecified atom stereocenters. The molecule has 0 aromatic rings. The normalized spacial score (nSPS) is 16.8. The quantitative estimate of drug-likeness (QED) is 0.386. The minimum Gasteiger partial charge on any atom is -0.787 e. The second-order valence-electron chi connectivity index (χ2n) is 1.90. The van der Waals surface area contributed by atoms with Crippen molar-refractivity contribution in [3.8, 4) is 0 Å². The van der Waals surface area contributed by atoms with Crippen molar-refractivity contribution in [1.82, 2.24) is 5.48 Å². The van der Waals surface area contributed by atoms with Gasteiger partial charge in [0.05, 0.1) is 0 Å². The zero-order chi connectivity index (χ0) is 7.49. The predicted octanol–water partition coefficient (Wildman–Crippen LogP) is -0.153. The SMILES string of the molecule is C[C@@](CS)(N[O-])C(=O)O. The molecular formula is C4H8NO3S-. The molecule has 0 radical (unpaired) electrons. The van der Waals surface area contributed by atoms with Gasteiger partial charge in [-0.1, -0.05) is 0 Å². The first-order valence-corrected chi connectivity index (χ1v) is 2.93. The van der Waals surface area contributed by atoms with E-state index in [1.54, 1.807) is 0 Å². The Morgan fingerprint density at radius 3 is 2.44 bits per heavy atom. The molecule has 0 aromatic heterocycles. The summed E-state index contributed by atoms with van der Waals surface area (Å²) in [6, 6.07) is 0. The number of carboxylic acid groups (broad SMARTS) is 1. The lowest BCUT2D eigenvalue weighted by Crippen LogP contribution is -2.48. The highest BCUT2D eigenvalue weighted by molar-refractivity contribution is 7.80. The van der Waals surface area contributed by atoms with Gasteiger partial charge in [0, 0.05) is 5.75 Å². The van der Waals surface area contributed by atoms with Crippen molar-refractivity contribution in [2.24, 2.45) is 0 Å². The van der Waals surface area contributed by atoms with E-state index in [9.17, 15) is 10.0 Å². The Morgan fingerprint density at radius 1 is 2.00 bits per heavy atom. The smallest absolute Gasteiger partial charge is 0.323 e. The minimum absolute atomic E-state index is 0.0220. The van der Waals surface area contributed by atoms with Crippen molar-refractivity contribution < 1.29 is 9.90 Å². The molecule has 4 nitrogen and oxygen atoms in total. The van der Waals surface area contributed by atoms with Gasteiger partial charge < -0.3 is 15.8 Å². The number of aliphatic carboxylic acids is 1. The number of carbonyl (C=O) groups is 1. The van der Waals surface area contributed by atoms with E-state index in [4.69, 9.17) is 5.11 Å². The van der Waals surface area contributed by atoms with E-state index in [0.29, 0.717) is 0 Å². The lowest BCUT2D eigenvalue weighted by molar-refractivity contribution is -0.142. The Bertz CT molecular complexity index is 112. The summed E-state index contributed by atoms with van der Waals surface area (Å²) in [7, 11) is 0. The van der Waals surface area contributed by atoms with E-state index >= 15 is 0 Å². The lowest BCUT2D eigenvalue weighted by atomic mass is 10.1. The molecule has 0 spiro atoms. The average Bonchev–Trinajstić information content (AvgIpc) is 1.86. The van der Waals surface area contributed by atoms with E-state index in [2.05, 4.69) is 12.6 Å². The van der Waals surface area contributed by atoms with Crippen LogP contribution < -0.4 is 5.48 Å². The van der Waals surface area contributed by atoms with E-state index in [0.717, 1.165) is 0 Å². The molecule has 9 heavy (non-hydrogen) atoms. The number of rotatable bonds is 3. The molecule has 0 saturated heterocycles. The van der Waals surface area contributed by atoms with Crippen LogP contribution in [0.2, 0.25) is 0 Å². The third kappa shape index (κ3) is 1.85. The van der Waals surface area contributed by atoms with Crippen LogP contribution in [0.3, 0.4) is 0 Å². The zero-order valence-electron chi connectivity index (χ0n) is 4.92. The van der Waals surface area contributed by atoms with Gasteiger partial charge in [0.2, 0.25) is 0 Å². The van der Waals surface area contributed by atoms with Gasteiger partial charge >= 0.3 is 5.97 Å². The van der Waals surface area contributed by atoms with Gasteiger partial charge in [0.1, 0.15) is 5.54 Å². The Hall–Kier alpha value is -0.260. The van der Waals surface area contributed by atoms with Crippen molar-refractivity contribution in [3.05, 3.63) is 5.21 Å². The highest BCUT2D eigenvalue weighted by Crippen LogP contribution is 2.04. The van der Waals surface area contributed by atoms with Crippen LogP contribution in [0, 0.1) is 5.21 Å². The van der Waals surface area contributed by atoms with Crippen LogP contribution in [-0.4, -0.2) is 22.4 Å². The van der Waals surface area contributed by atoms with Crippen molar-refractivity contribution in [2.45, 2.75) is 12.5 Å². The molecule has 0 fully saturated rings. The summed E-state index contributed by atoms with van der Waals surface area (Å²) in [5, 5.41) is 18.3. The maximum atomic E-state index is 10.2. The number of carboxylic acids is 1. The standard InChI is InChI=1S/C4H8NO3S/c1-4(2-9,5-8)3(6)7/h5,9H,2H2,1H3,(H,6,7)/q-1/t4-/m0/s1. The van der Waals surface area contributed by atoms with Crippen molar-refractivity contribution >= 4 is 18.6 Å². The number of hydrogen-bond donors (Lipinski definition) is 3. The summed E-state index contributed by atoms with van der Waals surface area (Å²) >= 11 is 3.68. The van der Waals surface area contributed by atoms with Crippen molar-refractivity contribution in [3.63, 3.8) is 0 Å². The molecule has 0 aliphatic rings. The van der Waals surface area contributed by atoms with E-state index in [-0.39, 0.29) is 5.75 Å². The highest BCUT2D eigenvalue weighted by atomic mass is 32.1. The average molecular weight is 150 g/mol. The number of thiol groups is 1. The maximum Gasteiger partial charge on any atom is 0.323 e. The highest BCUT2D eigenvalue weighted by Gasteiger charge is 2.26. The van der Waals surface area contributed by atoms with Gasteiger partial charge in [-0.3, -0.25) is 4.79 Å². The van der Waals surface area contributed by atoms with Crippen LogP contribution in [0.1, 0.15) is 6.92 Å². The van der Waals surface area contributed by atoms with E-state index in [1.807, 2.05) is 0 Å². The molecule has 1 atom stereocenters. The van der Waals surface area contributed by atoms with Crippen LogP contribution in [-0.2, 0) is 4.79 Å². The van der Waals surface area contributed by atoms with Crippen molar-refractivity contribution in [1.29, 1.82) is 0 Å². The first-order valence-electron chi connectivity index (χ1n) is 2.30. The molecule has 54 valence electrons. The fourth-order valence-electron chi connectivity index (χ4n) is 0.144. The van der Waals surface area contributed by atoms with Crippen LogP contribution in [0.4, 0.5) is 0 Å². The van der Waals surface area contributed by atoms with Crippen LogP contribution >= 0.6 is 12.6 Å². The van der Waals surface area contributed by atoms with E-state index in [1.165, 1.54) is 12.4 Å². The minimum atomic E-state index is -1.44. The second kappa shape index (κ2) is 3.05. The molecule has 0 aliphatic carbocycles. The molecular weight excluding hydrogens is 142 g/mol. The summed E-state index contributed by atoms with van der Waals surface area (Å²) in [5.74, 6) is -1.21. The molecule has 0 rings (SSSR count). The fourth-order valence-corrected chi connectivity index (χ4v) is 0.343. The molecule has 0 heterocycles. The third-order valence-electron chi connectivity index (χ3n) is 1.01. The summed E-state index contributed by atoms with van der Waals surface area (Å²) in [5.41, 5.74) is -0.0397. The summed E-state index contributed by atoms with van der Waals surface area (Å²) in [4.78, 5) is 10.2. The fraction of sp³-hybridized carbons (Fsp3) is 0.750. The molecule has 2 N–H and O–H groups in total.